The van der Waals surface area contributed by atoms with Crippen LogP contribution in [0, 0.1) is 12.3 Å². The average molecular weight is 137 g/mol. The van der Waals surface area contributed by atoms with Crippen molar-refractivity contribution >= 4 is 5.97 Å². The quantitative estimate of drug-likeness (QED) is 0.169. The standard InChI is InChI=1S/C5H6O2.K/c1-3-5(6)7-4-2;/h1H,4H2,2H3;/q;+1. The van der Waals surface area contributed by atoms with Crippen LogP contribution in [0.1, 0.15) is 6.92 Å². The minimum absolute atomic E-state index is 0. The van der Waals surface area contributed by atoms with Crippen LogP contribution in [0.4, 0.5) is 0 Å². The van der Waals surface area contributed by atoms with E-state index < -0.39 is 5.97 Å². The van der Waals surface area contributed by atoms with E-state index in [0.717, 1.165) is 0 Å². The van der Waals surface area contributed by atoms with Crippen LogP contribution < -0.4 is 51.4 Å². The van der Waals surface area contributed by atoms with Crippen LogP contribution in [-0.4, -0.2) is 12.6 Å². The second-order valence-corrected chi connectivity index (χ2v) is 0.865. The number of ether oxygens (including phenoxy) is 1. The van der Waals surface area contributed by atoms with E-state index in [1.165, 1.54) is 0 Å². The van der Waals surface area contributed by atoms with Crippen molar-refractivity contribution in [2.45, 2.75) is 6.92 Å². The number of rotatable bonds is 1. The summed E-state index contributed by atoms with van der Waals surface area (Å²) in [6.07, 6.45) is 4.63. The molecule has 0 aromatic carbocycles. The van der Waals surface area contributed by atoms with Crippen molar-refractivity contribution in [3.63, 3.8) is 0 Å². The average Bonchev–Trinajstić information content (AvgIpc) is 1.68. The molecule has 8 heavy (non-hydrogen) atoms. The second-order valence-electron chi connectivity index (χ2n) is 0.865. The Morgan fingerprint density at radius 1 is 1.88 bits per heavy atom. The summed E-state index contributed by atoms with van der Waals surface area (Å²) >= 11 is 0. The Bertz CT molecular complexity index is 103. The van der Waals surface area contributed by atoms with Gasteiger partial charge in [-0.25, -0.2) is 4.79 Å². The van der Waals surface area contributed by atoms with Crippen LogP contribution in [-0.2, 0) is 9.53 Å². The van der Waals surface area contributed by atoms with Gasteiger partial charge in [0.15, 0.2) is 0 Å². The van der Waals surface area contributed by atoms with Gasteiger partial charge in [-0.2, -0.15) is 0 Å². The Hall–Kier alpha value is 0.666. The first-order valence-electron chi connectivity index (χ1n) is 1.94. The van der Waals surface area contributed by atoms with E-state index in [-0.39, 0.29) is 51.4 Å². The molecule has 3 heteroatoms. The van der Waals surface area contributed by atoms with Crippen LogP contribution in [0.3, 0.4) is 0 Å². The van der Waals surface area contributed by atoms with Gasteiger partial charge in [0.1, 0.15) is 0 Å². The van der Waals surface area contributed by atoms with E-state index in [0.29, 0.717) is 6.61 Å². The number of hydrogen-bond donors (Lipinski definition) is 0. The molecule has 2 nitrogen and oxygen atoms in total. The Labute approximate surface area is 91.4 Å². The number of hydrogen-bond acceptors (Lipinski definition) is 2. The van der Waals surface area contributed by atoms with Crippen molar-refractivity contribution in [2.75, 3.05) is 6.61 Å². The Morgan fingerprint density at radius 2 is 2.38 bits per heavy atom. The first-order chi connectivity index (χ1) is 3.31. The maximum Gasteiger partial charge on any atom is 1.00 e. The molecule has 0 aliphatic rings. The summed E-state index contributed by atoms with van der Waals surface area (Å²) in [5, 5.41) is 0. The molecule has 0 rings (SSSR count). The smallest absolute Gasteiger partial charge is 0.456 e. The van der Waals surface area contributed by atoms with Gasteiger partial charge in [-0.1, -0.05) is 0 Å². The molecule has 0 N–H and O–H groups in total. The van der Waals surface area contributed by atoms with Gasteiger partial charge in [0.2, 0.25) is 0 Å². The fraction of sp³-hybridized carbons (Fsp3) is 0.400. The third kappa shape index (κ3) is 6.67. The molecular weight excluding hydrogens is 131 g/mol. The Balaban J connectivity index is 0. The minimum atomic E-state index is -0.595. The largest absolute Gasteiger partial charge is 1.00 e. The molecule has 0 aromatic rings. The van der Waals surface area contributed by atoms with Gasteiger partial charge in [-0.3, -0.25) is 0 Å². The van der Waals surface area contributed by atoms with Crippen LogP contribution >= 0.6 is 0 Å². The predicted octanol–water partition coefficient (Wildman–Crippen LogP) is -2.81. The summed E-state index contributed by atoms with van der Waals surface area (Å²) in [4.78, 5) is 9.95. The molecule has 0 unspecified atom stereocenters. The van der Waals surface area contributed by atoms with E-state index in [9.17, 15) is 4.79 Å². The maximum atomic E-state index is 9.95. The van der Waals surface area contributed by atoms with Crippen molar-refractivity contribution in [1.82, 2.24) is 0 Å². The number of esters is 1. The van der Waals surface area contributed by atoms with Crippen molar-refractivity contribution in [1.29, 1.82) is 0 Å². The zero-order valence-corrected chi connectivity index (χ0v) is 8.22. The molecule has 0 atom stereocenters. The van der Waals surface area contributed by atoms with Crippen molar-refractivity contribution in [3.8, 4) is 12.3 Å². The fourth-order valence-corrected chi connectivity index (χ4v) is 0.173. The van der Waals surface area contributed by atoms with E-state index in [2.05, 4.69) is 11.2 Å². The van der Waals surface area contributed by atoms with E-state index >= 15 is 0 Å². The molecule has 0 amide bonds. The second kappa shape index (κ2) is 7.67. The van der Waals surface area contributed by atoms with Crippen molar-refractivity contribution in [3.05, 3.63) is 0 Å². The SMILES string of the molecule is C#CC(=O)OCC.[K+]. The molecule has 0 heterocycles. The summed E-state index contributed by atoms with van der Waals surface area (Å²) < 4.78 is 4.32. The Kier molecular flexibility index (Phi) is 11.0. The molecule has 0 radical (unpaired) electrons. The summed E-state index contributed by atoms with van der Waals surface area (Å²) in [5.74, 6) is 1.21. The number of terminal acetylenes is 1. The number of carbonyl (C=O) groups is 1. The summed E-state index contributed by atoms with van der Waals surface area (Å²) in [6.45, 7) is 2.05. The van der Waals surface area contributed by atoms with Crippen molar-refractivity contribution in [2.24, 2.45) is 0 Å². The molecule has 0 aromatic heterocycles. The summed E-state index contributed by atoms with van der Waals surface area (Å²) in [6, 6.07) is 0. The maximum absolute atomic E-state index is 9.95. The Morgan fingerprint density at radius 3 is 2.50 bits per heavy atom. The fourth-order valence-electron chi connectivity index (χ4n) is 0.173. The van der Waals surface area contributed by atoms with E-state index in [4.69, 9.17) is 0 Å². The van der Waals surface area contributed by atoms with E-state index in [1.807, 2.05) is 0 Å². The van der Waals surface area contributed by atoms with Crippen LogP contribution in [0.5, 0.6) is 0 Å². The third-order valence-corrected chi connectivity index (χ3v) is 0.393. The molecule has 0 saturated heterocycles. The first kappa shape index (κ1) is 11.5. The van der Waals surface area contributed by atoms with Crippen molar-refractivity contribution < 1.29 is 60.9 Å². The van der Waals surface area contributed by atoms with Crippen LogP contribution in [0.15, 0.2) is 0 Å². The monoisotopic (exact) mass is 137 g/mol. The zero-order valence-electron chi connectivity index (χ0n) is 5.10. The summed E-state index contributed by atoms with van der Waals surface area (Å²) in [7, 11) is 0. The zero-order chi connectivity index (χ0) is 5.70. The van der Waals surface area contributed by atoms with Crippen LogP contribution in [0.25, 0.3) is 0 Å². The molecule has 0 aliphatic heterocycles. The van der Waals surface area contributed by atoms with Gasteiger partial charge in [-0.05, 0) is 6.92 Å². The minimum Gasteiger partial charge on any atom is -0.456 e. The van der Waals surface area contributed by atoms with Crippen LogP contribution in [0.2, 0.25) is 0 Å². The number of carbonyl (C=O) groups excluding carboxylic acids is 1. The van der Waals surface area contributed by atoms with Gasteiger partial charge in [0.05, 0.1) is 6.61 Å². The predicted molar refractivity (Wildman–Crippen MR) is 25.5 cm³/mol. The van der Waals surface area contributed by atoms with Gasteiger partial charge >= 0.3 is 57.4 Å². The topological polar surface area (TPSA) is 26.3 Å². The van der Waals surface area contributed by atoms with Gasteiger partial charge < -0.3 is 4.74 Å². The van der Waals surface area contributed by atoms with Gasteiger partial charge in [0, 0.05) is 5.92 Å². The normalized spacial score (nSPS) is 6.00. The molecule has 0 spiro atoms. The van der Waals surface area contributed by atoms with Gasteiger partial charge in [0.25, 0.3) is 0 Å². The summed E-state index contributed by atoms with van der Waals surface area (Å²) in [5.41, 5.74) is 0. The molecule has 0 aliphatic carbocycles. The van der Waals surface area contributed by atoms with Gasteiger partial charge in [-0.15, -0.1) is 6.42 Å². The van der Waals surface area contributed by atoms with E-state index in [1.54, 1.807) is 12.8 Å². The molecular formula is C5H6KO2+. The molecule has 0 fully saturated rings. The molecule has 0 saturated carbocycles. The molecule has 0 bridgehead atoms. The first-order valence-corrected chi connectivity index (χ1v) is 1.94. The molecule has 38 valence electrons. The third-order valence-electron chi connectivity index (χ3n) is 0.393.